The fourth-order valence-corrected chi connectivity index (χ4v) is 2.89. The molecule has 1 unspecified atom stereocenters. The first-order valence-corrected chi connectivity index (χ1v) is 8.31. The molecule has 0 aliphatic heterocycles. The summed E-state index contributed by atoms with van der Waals surface area (Å²) in [6, 6.07) is 4.72. The summed E-state index contributed by atoms with van der Waals surface area (Å²) in [5.74, 6) is -1.32. The molecule has 5 nitrogen and oxygen atoms in total. The lowest BCUT2D eigenvalue weighted by atomic mass is 10.2. The van der Waals surface area contributed by atoms with Gasteiger partial charge in [-0.1, -0.05) is 22.0 Å². The fraction of sp³-hybridized carbons (Fsp3) is 0.333. The first-order chi connectivity index (χ1) is 10.4. The van der Waals surface area contributed by atoms with Crippen molar-refractivity contribution >= 4 is 39.6 Å². The highest BCUT2D eigenvalue weighted by Gasteiger charge is 2.20. The molecule has 0 fully saturated rings. The zero-order valence-electron chi connectivity index (χ0n) is 12.2. The number of thioether (sulfide) groups is 1. The van der Waals surface area contributed by atoms with Crippen molar-refractivity contribution in [1.29, 1.82) is 0 Å². The standard InChI is InChI=1S/C15H18BrNO4S/c1-3-6-21-8-12(15(19)20)17-14(18)9-22-13-5-4-11(16)7-10(13)2/h3-5,7,12H,1,6,8-9H2,2H3,(H,17,18)(H,19,20). The maximum absolute atomic E-state index is 11.9. The molecule has 1 atom stereocenters. The van der Waals surface area contributed by atoms with Gasteiger partial charge in [-0.05, 0) is 30.7 Å². The minimum atomic E-state index is -1.12. The van der Waals surface area contributed by atoms with Crippen molar-refractivity contribution in [1.82, 2.24) is 5.32 Å². The molecule has 0 radical (unpaired) electrons. The fourth-order valence-electron chi connectivity index (χ4n) is 1.60. The average molecular weight is 388 g/mol. The second-order valence-corrected chi connectivity index (χ2v) is 6.42. The maximum atomic E-state index is 11.9. The number of hydrogen-bond acceptors (Lipinski definition) is 4. The minimum absolute atomic E-state index is 0.0882. The summed E-state index contributed by atoms with van der Waals surface area (Å²) >= 11 is 4.74. The molecule has 0 aliphatic carbocycles. The molecule has 1 aromatic carbocycles. The van der Waals surface area contributed by atoms with Gasteiger partial charge in [0.2, 0.25) is 5.91 Å². The number of carbonyl (C=O) groups excluding carboxylic acids is 1. The monoisotopic (exact) mass is 387 g/mol. The van der Waals surface area contributed by atoms with Crippen LogP contribution >= 0.6 is 27.7 Å². The second kappa shape index (κ2) is 9.66. The Kier molecular flexibility index (Phi) is 8.22. The van der Waals surface area contributed by atoms with E-state index < -0.39 is 12.0 Å². The molecule has 2 N–H and O–H groups in total. The van der Waals surface area contributed by atoms with Crippen molar-refractivity contribution < 1.29 is 19.4 Å². The summed E-state index contributed by atoms with van der Waals surface area (Å²) in [5.41, 5.74) is 1.05. The van der Waals surface area contributed by atoms with Crippen LogP contribution in [0.15, 0.2) is 40.2 Å². The van der Waals surface area contributed by atoms with Gasteiger partial charge < -0.3 is 15.2 Å². The van der Waals surface area contributed by atoms with Crippen LogP contribution in [0.5, 0.6) is 0 Å². The molecule has 0 saturated heterocycles. The average Bonchev–Trinajstić information content (AvgIpc) is 2.45. The molecular formula is C15H18BrNO4S. The second-order valence-electron chi connectivity index (χ2n) is 4.48. The Bertz CT molecular complexity index is 550. The molecule has 1 amide bonds. The summed E-state index contributed by atoms with van der Waals surface area (Å²) in [6.45, 7) is 5.58. The van der Waals surface area contributed by atoms with Gasteiger partial charge in [0.05, 0.1) is 19.0 Å². The van der Waals surface area contributed by atoms with Crippen molar-refractivity contribution in [3.05, 3.63) is 40.9 Å². The Labute approximate surface area is 142 Å². The Hall–Kier alpha value is -1.31. The van der Waals surface area contributed by atoms with Crippen LogP contribution in [0.1, 0.15) is 5.56 Å². The number of carboxylic acid groups (broad SMARTS) is 1. The highest BCUT2D eigenvalue weighted by atomic mass is 79.9. The van der Waals surface area contributed by atoms with E-state index in [1.54, 1.807) is 0 Å². The third kappa shape index (κ3) is 6.64. The number of hydrogen-bond donors (Lipinski definition) is 2. The number of ether oxygens (including phenoxy) is 1. The maximum Gasteiger partial charge on any atom is 0.328 e. The van der Waals surface area contributed by atoms with Crippen molar-refractivity contribution in [3.63, 3.8) is 0 Å². The number of amides is 1. The molecule has 0 saturated carbocycles. The molecule has 1 aromatic rings. The lowest BCUT2D eigenvalue weighted by Crippen LogP contribution is -2.44. The molecular weight excluding hydrogens is 370 g/mol. The van der Waals surface area contributed by atoms with Crippen LogP contribution in [0.25, 0.3) is 0 Å². The van der Waals surface area contributed by atoms with E-state index in [0.717, 1.165) is 14.9 Å². The molecule has 0 aromatic heterocycles. The van der Waals surface area contributed by atoms with E-state index in [9.17, 15) is 9.59 Å². The third-order valence-corrected chi connectivity index (χ3v) is 4.32. The first kappa shape index (κ1) is 18.7. The summed E-state index contributed by atoms with van der Waals surface area (Å²) in [7, 11) is 0. The van der Waals surface area contributed by atoms with Crippen LogP contribution in [0.4, 0.5) is 0 Å². The van der Waals surface area contributed by atoms with Crippen LogP contribution in [0, 0.1) is 6.92 Å². The Morgan fingerprint density at radius 3 is 2.86 bits per heavy atom. The summed E-state index contributed by atoms with van der Waals surface area (Å²) in [5, 5.41) is 11.5. The Morgan fingerprint density at radius 1 is 1.55 bits per heavy atom. The summed E-state index contributed by atoms with van der Waals surface area (Å²) < 4.78 is 6.05. The number of benzene rings is 1. The molecule has 0 aliphatic rings. The lowest BCUT2D eigenvalue weighted by molar-refractivity contribution is -0.143. The number of rotatable bonds is 9. The normalized spacial score (nSPS) is 11.7. The predicted octanol–water partition coefficient (Wildman–Crippen LogP) is 2.62. The van der Waals surface area contributed by atoms with Crippen LogP contribution in [-0.2, 0) is 14.3 Å². The number of carbonyl (C=O) groups is 2. The van der Waals surface area contributed by atoms with E-state index in [0.29, 0.717) is 0 Å². The largest absolute Gasteiger partial charge is 0.480 e. The van der Waals surface area contributed by atoms with Crippen molar-refractivity contribution in [2.24, 2.45) is 0 Å². The SMILES string of the molecule is C=CCOCC(NC(=O)CSc1ccc(Br)cc1C)C(=O)O. The van der Waals surface area contributed by atoms with Gasteiger partial charge in [0.25, 0.3) is 0 Å². The van der Waals surface area contributed by atoms with Crippen molar-refractivity contribution in [3.8, 4) is 0 Å². The van der Waals surface area contributed by atoms with Gasteiger partial charge in [-0.25, -0.2) is 4.79 Å². The van der Waals surface area contributed by atoms with Gasteiger partial charge >= 0.3 is 5.97 Å². The van der Waals surface area contributed by atoms with Crippen LogP contribution in [0.3, 0.4) is 0 Å². The molecule has 120 valence electrons. The van der Waals surface area contributed by atoms with Gasteiger partial charge in [-0.2, -0.15) is 0 Å². The van der Waals surface area contributed by atoms with Gasteiger partial charge in [0, 0.05) is 9.37 Å². The first-order valence-electron chi connectivity index (χ1n) is 6.53. The van der Waals surface area contributed by atoms with Gasteiger partial charge in [0.15, 0.2) is 6.04 Å². The Morgan fingerprint density at radius 2 is 2.27 bits per heavy atom. The molecule has 0 heterocycles. The number of aliphatic carboxylic acids is 1. The zero-order chi connectivity index (χ0) is 16.5. The third-order valence-electron chi connectivity index (χ3n) is 2.65. The predicted molar refractivity (Wildman–Crippen MR) is 90.2 cm³/mol. The highest BCUT2D eigenvalue weighted by molar-refractivity contribution is 9.10. The van der Waals surface area contributed by atoms with Crippen molar-refractivity contribution in [2.45, 2.75) is 17.9 Å². The number of halogens is 1. The zero-order valence-corrected chi connectivity index (χ0v) is 14.6. The van der Waals surface area contributed by atoms with Gasteiger partial charge in [0.1, 0.15) is 0 Å². The van der Waals surface area contributed by atoms with Gasteiger partial charge in [-0.3, -0.25) is 4.79 Å². The molecule has 0 bridgehead atoms. The van der Waals surface area contributed by atoms with E-state index >= 15 is 0 Å². The van der Waals surface area contributed by atoms with Gasteiger partial charge in [-0.15, -0.1) is 18.3 Å². The Balaban J connectivity index is 2.49. The van der Waals surface area contributed by atoms with E-state index in [1.807, 2.05) is 25.1 Å². The van der Waals surface area contributed by atoms with E-state index in [1.165, 1.54) is 17.8 Å². The smallest absolute Gasteiger partial charge is 0.328 e. The van der Waals surface area contributed by atoms with Crippen molar-refractivity contribution in [2.75, 3.05) is 19.0 Å². The van der Waals surface area contributed by atoms with E-state index in [4.69, 9.17) is 9.84 Å². The highest BCUT2D eigenvalue weighted by Crippen LogP contribution is 2.25. The topological polar surface area (TPSA) is 75.6 Å². The number of aryl methyl sites for hydroxylation is 1. The lowest BCUT2D eigenvalue weighted by Gasteiger charge is -2.14. The number of carboxylic acids is 1. The van der Waals surface area contributed by atoms with E-state index in [2.05, 4.69) is 27.8 Å². The van der Waals surface area contributed by atoms with E-state index in [-0.39, 0.29) is 24.9 Å². The molecule has 7 heteroatoms. The number of nitrogens with one attached hydrogen (secondary N) is 1. The molecule has 22 heavy (non-hydrogen) atoms. The summed E-state index contributed by atoms with van der Waals surface area (Å²) in [4.78, 5) is 23.9. The quantitative estimate of drug-likeness (QED) is 0.387. The van der Waals surface area contributed by atoms with Crippen LogP contribution in [-0.4, -0.2) is 42.0 Å². The van der Waals surface area contributed by atoms with Crippen LogP contribution in [0.2, 0.25) is 0 Å². The summed E-state index contributed by atoms with van der Waals surface area (Å²) in [6.07, 6.45) is 1.52. The molecule has 1 rings (SSSR count). The van der Waals surface area contributed by atoms with Crippen LogP contribution < -0.4 is 5.32 Å². The molecule has 0 spiro atoms. The minimum Gasteiger partial charge on any atom is -0.480 e.